The normalized spacial score (nSPS) is 10.3. The van der Waals surface area contributed by atoms with E-state index in [2.05, 4.69) is 5.10 Å². The van der Waals surface area contributed by atoms with Crippen LogP contribution in [0, 0.1) is 23.8 Å². The van der Waals surface area contributed by atoms with Crippen LogP contribution in [0.25, 0.3) is 5.69 Å². The first-order chi connectivity index (χ1) is 9.81. The minimum absolute atomic E-state index is 0.0592. The van der Waals surface area contributed by atoms with Gasteiger partial charge in [-0.25, -0.2) is 9.48 Å². The van der Waals surface area contributed by atoms with Crippen LogP contribution in [0.15, 0.2) is 24.4 Å². The topological polar surface area (TPSA) is 141 Å². The highest BCUT2D eigenvalue weighted by Gasteiger charge is 2.27. The maximum atomic E-state index is 11.0. The van der Waals surface area contributed by atoms with E-state index in [0.717, 1.165) is 10.9 Å². The number of carboxylic acids is 1. The average Bonchev–Trinajstić information content (AvgIpc) is 2.83. The number of nitro benzene ring substituents is 1. The third-order valence-corrected chi connectivity index (χ3v) is 3.15. The summed E-state index contributed by atoms with van der Waals surface area (Å²) >= 11 is 1.87. The number of rotatable bonds is 4. The lowest BCUT2D eigenvalue weighted by Crippen LogP contribution is -2.04. The number of aromatic carboxylic acids is 1. The fourth-order valence-corrected chi connectivity index (χ4v) is 2.09. The molecule has 0 bridgehead atoms. The van der Waals surface area contributed by atoms with E-state index in [1.807, 2.05) is 22.6 Å². The van der Waals surface area contributed by atoms with Crippen molar-refractivity contribution in [1.29, 1.82) is 0 Å². The van der Waals surface area contributed by atoms with E-state index in [-0.39, 0.29) is 11.4 Å². The molecule has 0 unspecified atom stereocenters. The lowest BCUT2D eigenvalue weighted by atomic mass is 10.3. The van der Waals surface area contributed by atoms with Crippen LogP contribution in [0.5, 0.6) is 0 Å². The number of hydrogen-bond acceptors (Lipinski definition) is 6. The molecule has 0 atom stereocenters. The van der Waals surface area contributed by atoms with Crippen molar-refractivity contribution >= 4 is 39.9 Å². The van der Waals surface area contributed by atoms with Crippen molar-refractivity contribution in [3.63, 3.8) is 0 Å². The van der Waals surface area contributed by atoms with Crippen LogP contribution < -0.4 is 0 Å². The Bertz CT molecular complexity index is 739. The summed E-state index contributed by atoms with van der Waals surface area (Å²) in [6.45, 7) is 0. The predicted octanol–water partition coefficient (Wildman–Crippen LogP) is 1.99. The summed E-state index contributed by atoms with van der Waals surface area (Å²) in [6.07, 6.45) is 0.832. The van der Waals surface area contributed by atoms with Gasteiger partial charge in [-0.3, -0.25) is 20.2 Å². The smallest absolute Gasteiger partial charge is 0.363 e. The molecule has 1 heterocycles. The van der Waals surface area contributed by atoms with E-state index in [9.17, 15) is 25.0 Å². The summed E-state index contributed by atoms with van der Waals surface area (Å²) in [6, 6.07) is 4.13. The Morgan fingerprint density at radius 3 is 2.33 bits per heavy atom. The van der Waals surface area contributed by atoms with Gasteiger partial charge in [0.1, 0.15) is 11.9 Å². The van der Waals surface area contributed by atoms with Crippen molar-refractivity contribution in [2.45, 2.75) is 0 Å². The molecule has 2 rings (SSSR count). The summed E-state index contributed by atoms with van der Waals surface area (Å²) in [5, 5.41) is 34.2. The standard InChI is InChI=1S/C10H5IN4O6/c11-5-1-2-6(7(3-5)14(18)19)13-4-8(15(20)21)9(12-13)10(16)17/h1-4H,(H,16,17). The zero-order valence-electron chi connectivity index (χ0n) is 9.96. The zero-order chi connectivity index (χ0) is 15.7. The Labute approximate surface area is 129 Å². The highest BCUT2D eigenvalue weighted by Crippen LogP contribution is 2.27. The molecule has 1 aromatic carbocycles. The predicted molar refractivity (Wildman–Crippen MR) is 76.5 cm³/mol. The zero-order valence-corrected chi connectivity index (χ0v) is 12.1. The van der Waals surface area contributed by atoms with Gasteiger partial charge in [0, 0.05) is 9.64 Å². The van der Waals surface area contributed by atoms with Gasteiger partial charge < -0.3 is 5.11 Å². The van der Waals surface area contributed by atoms with Gasteiger partial charge in [-0.1, -0.05) is 0 Å². The number of aromatic nitrogens is 2. The third-order valence-electron chi connectivity index (χ3n) is 2.48. The van der Waals surface area contributed by atoms with E-state index in [0.29, 0.717) is 3.57 Å². The number of carbonyl (C=O) groups is 1. The van der Waals surface area contributed by atoms with Crippen molar-refractivity contribution < 1.29 is 19.7 Å². The Kier molecular flexibility index (Phi) is 3.84. The van der Waals surface area contributed by atoms with Gasteiger partial charge in [-0.15, -0.1) is 0 Å². The fraction of sp³-hybridized carbons (Fsp3) is 0. The van der Waals surface area contributed by atoms with E-state index < -0.39 is 27.2 Å². The molecule has 0 radical (unpaired) electrons. The lowest BCUT2D eigenvalue weighted by Gasteiger charge is -2.02. The van der Waals surface area contributed by atoms with Gasteiger partial charge in [0.2, 0.25) is 5.69 Å². The molecule has 0 aliphatic rings. The summed E-state index contributed by atoms with van der Waals surface area (Å²) < 4.78 is 1.40. The maximum Gasteiger partial charge on any atom is 0.363 e. The minimum atomic E-state index is -1.59. The Hall–Kier alpha value is -2.57. The molecule has 21 heavy (non-hydrogen) atoms. The molecule has 0 saturated heterocycles. The summed E-state index contributed by atoms with van der Waals surface area (Å²) in [5.74, 6) is -1.59. The number of halogens is 1. The minimum Gasteiger partial charge on any atom is -0.476 e. The van der Waals surface area contributed by atoms with Crippen molar-refractivity contribution in [2.75, 3.05) is 0 Å². The largest absolute Gasteiger partial charge is 0.476 e. The molecule has 108 valence electrons. The second kappa shape index (κ2) is 5.43. The van der Waals surface area contributed by atoms with Crippen LogP contribution in [-0.4, -0.2) is 30.7 Å². The monoisotopic (exact) mass is 404 g/mol. The molecule has 10 nitrogen and oxygen atoms in total. The van der Waals surface area contributed by atoms with Gasteiger partial charge in [-0.05, 0) is 34.7 Å². The van der Waals surface area contributed by atoms with E-state index >= 15 is 0 Å². The maximum absolute atomic E-state index is 11.0. The molecule has 1 aromatic heterocycles. The van der Waals surface area contributed by atoms with Crippen LogP contribution in [0.3, 0.4) is 0 Å². The van der Waals surface area contributed by atoms with Gasteiger partial charge >= 0.3 is 11.7 Å². The first kappa shape index (κ1) is 14.8. The van der Waals surface area contributed by atoms with Crippen LogP contribution in [0.1, 0.15) is 10.5 Å². The second-order valence-corrected chi connectivity index (χ2v) is 5.01. The van der Waals surface area contributed by atoms with Gasteiger partial charge in [0.25, 0.3) is 5.69 Å². The molecule has 0 aliphatic carbocycles. The lowest BCUT2D eigenvalue weighted by molar-refractivity contribution is -0.385. The van der Waals surface area contributed by atoms with Crippen molar-refractivity contribution in [3.8, 4) is 5.69 Å². The van der Waals surface area contributed by atoms with Crippen LogP contribution in [0.4, 0.5) is 11.4 Å². The molecular formula is C10H5IN4O6. The molecular weight excluding hydrogens is 399 g/mol. The van der Waals surface area contributed by atoms with Crippen molar-refractivity contribution in [3.05, 3.63) is 53.9 Å². The molecule has 0 amide bonds. The Balaban J connectivity index is 2.68. The van der Waals surface area contributed by atoms with Crippen molar-refractivity contribution in [2.24, 2.45) is 0 Å². The van der Waals surface area contributed by atoms with E-state index in [1.54, 1.807) is 0 Å². The summed E-state index contributed by atoms with van der Waals surface area (Å²) in [5.41, 5.74) is -1.92. The molecule has 0 aliphatic heterocycles. The van der Waals surface area contributed by atoms with Gasteiger partial charge in [0.15, 0.2) is 0 Å². The Morgan fingerprint density at radius 2 is 1.86 bits per heavy atom. The van der Waals surface area contributed by atoms with Gasteiger partial charge in [0.05, 0.1) is 9.85 Å². The van der Waals surface area contributed by atoms with Crippen LogP contribution in [0.2, 0.25) is 0 Å². The number of nitrogens with zero attached hydrogens (tertiary/aromatic N) is 4. The third kappa shape index (κ3) is 2.81. The highest BCUT2D eigenvalue weighted by molar-refractivity contribution is 14.1. The first-order valence-corrected chi connectivity index (χ1v) is 6.31. The summed E-state index contributed by atoms with van der Waals surface area (Å²) in [4.78, 5) is 31.2. The quantitative estimate of drug-likeness (QED) is 0.467. The number of hydrogen-bond donors (Lipinski definition) is 1. The van der Waals surface area contributed by atoms with E-state index in [1.165, 1.54) is 18.2 Å². The molecule has 0 spiro atoms. The van der Waals surface area contributed by atoms with Gasteiger partial charge in [-0.2, -0.15) is 5.10 Å². The molecule has 2 aromatic rings. The SMILES string of the molecule is O=C(O)c1nn(-c2ccc(I)cc2[N+](=O)[O-])cc1[N+](=O)[O-]. The molecule has 11 heteroatoms. The highest BCUT2D eigenvalue weighted by atomic mass is 127. The fourth-order valence-electron chi connectivity index (χ4n) is 1.61. The van der Waals surface area contributed by atoms with Crippen LogP contribution in [-0.2, 0) is 0 Å². The number of benzene rings is 1. The van der Waals surface area contributed by atoms with Crippen LogP contribution >= 0.6 is 22.6 Å². The first-order valence-electron chi connectivity index (χ1n) is 5.23. The second-order valence-electron chi connectivity index (χ2n) is 3.76. The van der Waals surface area contributed by atoms with Crippen molar-refractivity contribution in [1.82, 2.24) is 9.78 Å². The number of nitro groups is 2. The van der Waals surface area contributed by atoms with E-state index in [4.69, 9.17) is 5.11 Å². The summed E-state index contributed by atoms with van der Waals surface area (Å²) in [7, 11) is 0. The Morgan fingerprint density at radius 1 is 1.24 bits per heavy atom. The molecule has 0 fully saturated rings. The average molecular weight is 404 g/mol. The molecule has 1 N–H and O–H groups in total. The number of carboxylic acid groups (broad SMARTS) is 1. The molecule has 0 saturated carbocycles.